The molecule has 0 unspecified atom stereocenters. The van der Waals surface area contributed by atoms with Gasteiger partial charge in [0.25, 0.3) is 0 Å². The van der Waals surface area contributed by atoms with Crippen LogP contribution >= 0.6 is 11.8 Å². The van der Waals surface area contributed by atoms with Gasteiger partial charge >= 0.3 is 0 Å². The van der Waals surface area contributed by atoms with E-state index in [1.165, 1.54) is 4.90 Å². The molecule has 2 aromatic rings. The van der Waals surface area contributed by atoms with Gasteiger partial charge in [-0.2, -0.15) is 0 Å². The number of hydrogen-bond donors (Lipinski definition) is 1. The van der Waals surface area contributed by atoms with Crippen molar-refractivity contribution in [2.24, 2.45) is 5.73 Å². The molecule has 0 aliphatic rings. The van der Waals surface area contributed by atoms with Gasteiger partial charge in [-0.25, -0.2) is 0 Å². The molecule has 0 spiro atoms. The lowest BCUT2D eigenvalue weighted by Crippen LogP contribution is -2.06. The molecule has 2 rings (SSSR count). The zero-order chi connectivity index (χ0) is 14.4. The Morgan fingerprint density at radius 1 is 1.15 bits per heavy atom. The van der Waals surface area contributed by atoms with Gasteiger partial charge in [0.1, 0.15) is 5.75 Å². The summed E-state index contributed by atoms with van der Waals surface area (Å²) in [5.41, 5.74) is 8.16. The van der Waals surface area contributed by atoms with Crippen LogP contribution in [0.15, 0.2) is 53.4 Å². The molecular weight excluding hydrogens is 266 g/mol. The maximum absolute atomic E-state index is 5.87. The maximum atomic E-state index is 5.87. The second-order valence-electron chi connectivity index (χ2n) is 4.82. The predicted octanol–water partition coefficient (Wildman–Crippen LogP) is 4.19. The molecule has 20 heavy (non-hydrogen) atoms. The standard InChI is InChI=1S/C17H21NOS/c1-13-12-15(14(2)18)8-9-17(13)19-10-11-20-16-6-4-3-5-7-16/h3-9,12,14H,10-11,18H2,1-2H3/t14-/m0/s1. The lowest BCUT2D eigenvalue weighted by atomic mass is 10.1. The zero-order valence-electron chi connectivity index (χ0n) is 12.0. The fraction of sp³-hybridized carbons (Fsp3) is 0.294. The third-order valence-corrected chi connectivity index (χ3v) is 4.05. The summed E-state index contributed by atoms with van der Waals surface area (Å²) in [5, 5.41) is 0. The fourth-order valence-corrected chi connectivity index (χ4v) is 2.70. The summed E-state index contributed by atoms with van der Waals surface area (Å²) in [7, 11) is 0. The molecule has 0 amide bonds. The quantitative estimate of drug-likeness (QED) is 0.639. The van der Waals surface area contributed by atoms with Crippen LogP contribution in [0, 0.1) is 6.92 Å². The van der Waals surface area contributed by atoms with Crippen LogP contribution in [0.2, 0.25) is 0 Å². The van der Waals surface area contributed by atoms with Crippen molar-refractivity contribution >= 4 is 11.8 Å². The van der Waals surface area contributed by atoms with Crippen LogP contribution < -0.4 is 10.5 Å². The molecule has 0 fully saturated rings. The van der Waals surface area contributed by atoms with Crippen molar-refractivity contribution in [3.8, 4) is 5.75 Å². The Balaban J connectivity index is 1.82. The van der Waals surface area contributed by atoms with Crippen molar-refractivity contribution in [2.75, 3.05) is 12.4 Å². The molecule has 0 aliphatic heterocycles. The number of hydrogen-bond acceptors (Lipinski definition) is 3. The Kier molecular flexibility index (Phi) is 5.50. The van der Waals surface area contributed by atoms with Gasteiger partial charge in [-0.05, 0) is 43.2 Å². The highest BCUT2D eigenvalue weighted by Crippen LogP contribution is 2.23. The number of nitrogens with two attached hydrogens (primary N) is 1. The largest absolute Gasteiger partial charge is 0.492 e. The Hall–Kier alpha value is -1.45. The summed E-state index contributed by atoms with van der Waals surface area (Å²) >= 11 is 1.81. The second-order valence-corrected chi connectivity index (χ2v) is 5.99. The summed E-state index contributed by atoms with van der Waals surface area (Å²) in [6, 6.07) is 16.6. The van der Waals surface area contributed by atoms with E-state index in [0.717, 1.165) is 22.6 Å². The maximum Gasteiger partial charge on any atom is 0.122 e. The summed E-state index contributed by atoms with van der Waals surface area (Å²) in [6.07, 6.45) is 0. The highest BCUT2D eigenvalue weighted by molar-refractivity contribution is 7.99. The van der Waals surface area contributed by atoms with Crippen LogP contribution in [0.5, 0.6) is 5.75 Å². The van der Waals surface area contributed by atoms with Gasteiger partial charge in [0.2, 0.25) is 0 Å². The molecule has 1 atom stereocenters. The lowest BCUT2D eigenvalue weighted by Gasteiger charge is -2.12. The first-order chi connectivity index (χ1) is 9.66. The second kappa shape index (κ2) is 7.36. The van der Waals surface area contributed by atoms with Gasteiger partial charge in [-0.3, -0.25) is 0 Å². The van der Waals surface area contributed by atoms with Crippen LogP contribution in [0.4, 0.5) is 0 Å². The van der Waals surface area contributed by atoms with Crippen molar-refractivity contribution in [3.05, 3.63) is 59.7 Å². The topological polar surface area (TPSA) is 35.2 Å². The molecule has 2 N–H and O–H groups in total. The highest BCUT2D eigenvalue weighted by Gasteiger charge is 2.04. The van der Waals surface area contributed by atoms with E-state index >= 15 is 0 Å². The van der Waals surface area contributed by atoms with E-state index in [4.69, 9.17) is 10.5 Å². The Bertz CT molecular complexity index is 540. The molecule has 0 radical (unpaired) electrons. The Morgan fingerprint density at radius 3 is 2.55 bits per heavy atom. The van der Waals surface area contributed by atoms with Crippen molar-refractivity contribution in [2.45, 2.75) is 24.8 Å². The molecule has 0 heterocycles. The van der Waals surface area contributed by atoms with E-state index < -0.39 is 0 Å². The van der Waals surface area contributed by atoms with Crippen LogP contribution in [0.3, 0.4) is 0 Å². The fourth-order valence-electron chi connectivity index (χ4n) is 1.95. The number of benzene rings is 2. The van der Waals surface area contributed by atoms with Gasteiger partial charge in [0.15, 0.2) is 0 Å². The van der Waals surface area contributed by atoms with Gasteiger partial charge in [-0.15, -0.1) is 11.8 Å². The molecular formula is C17H21NOS. The van der Waals surface area contributed by atoms with Crippen molar-refractivity contribution in [1.29, 1.82) is 0 Å². The minimum atomic E-state index is 0.0661. The number of ether oxygens (including phenoxy) is 1. The summed E-state index contributed by atoms with van der Waals surface area (Å²) in [6.45, 7) is 4.76. The minimum Gasteiger partial charge on any atom is -0.492 e. The van der Waals surface area contributed by atoms with Crippen LogP contribution in [-0.2, 0) is 0 Å². The van der Waals surface area contributed by atoms with E-state index in [9.17, 15) is 0 Å². The molecule has 3 heteroatoms. The van der Waals surface area contributed by atoms with E-state index in [0.29, 0.717) is 6.61 Å². The molecule has 0 saturated carbocycles. The highest BCUT2D eigenvalue weighted by atomic mass is 32.2. The summed E-state index contributed by atoms with van der Waals surface area (Å²) in [4.78, 5) is 1.28. The zero-order valence-corrected chi connectivity index (χ0v) is 12.8. The Morgan fingerprint density at radius 2 is 1.90 bits per heavy atom. The third kappa shape index (κ3) is 4.29. The molecule has 106 valence electrons. The average Bonchev–Trinajstić information content (AvgIpc) is 2.46. The SMILES string of the molecule is Cc1cc([C@H](C)N)ccc1OCCSc1ccccc1. The first-order valence-corrected chi connectivity index (χ1v) is 7.82. The number of rotatable bonds is 6. The van der Waals surface area contributed by atoms with Crippen LogP contribution in [0.25, 0.3) is 0 Å². The van der Waals surface area contributed by atoms with Gasteiger partial charge in [0.05, 0.1) is 6.61 Å². The molecule has 0 aromatic heterocycles. The van der Waals surface area contributed by atoms with E-state index in [1.54, 1.807) is 0 Å². The molecule has 2 aromatic carbocycles. The predicted molar refractivity (Wildman–Crippen MR) is 86.4 cm³/mol. The molecule has 0 bridgehead atoms. The number of aryl methyl sites for hydroxylation is 1. The van der Waals surface area contributed by atoms with Gasteiger partial charge < -0.3 is 10.5 Å². The van der Waals surface area contributed by atoms with Gasteiger partial charge in [0, 0.05) is 16.7 Å². The molecule has 2 nitrogen and oxygen atoms in total. The monoisotopic (exact) mass is 287 g/mol. The Labute approximate surface area is 125 Å². The number of thioether (sulfide) groups is 1. The summed E-state index contributed by atoms with van der Waals surface area (Å²) < 4.78 is 5.83. The smallest absolute Gasteiger partial charge is 0.122 e. The van der Waals surface area contributed by atoms with E-state index in [2.05, 4.69) is 37.3 Å². The van der Waals surface area contributed by atoms with E-state index in [1.807, 2.05) is 36.9 Å². The summed E-state index contributed by atoms with van der Waals surface area (Å²) in [5.74, 6) is 1.89. The molecule has 0 saturated heterocycles. The first-order valence-electron chi connectivity index (χ1n) is 6.83. The minimum absolute atomic E-state index is 0.0661. The molecule has 0 aliphatic carbocycles. The van der Waals surface area contributed by atoms with Crippen molar-refractivity contribution < 1.29 is 4.74 Å². The first kappa shape index (κ1) is 14.9. The van der Waals surface area contributed by atoms with E-state index in [-0.39, 0.29) is 6.04 Å². The van der Waals surface area contributed by atoms with Crippen molar-refractivity contribution in [3.63, 3.8) is 0 Å². The van der Waals surface area contributed by atoms with Crippen molar-refractivity contribution in [1.82, 2.24) is 0 Å². The average molecular weight is 287 g/mol. The third-order valence-electron chi connectivity index (χ3n) is 3.08. The van der Waals surface area contributed by atoms with Crippen LogP contribution in [0.1, 0.15) is 24.1 Å². The normalized spacial score (nSPS) is 12.2. The lowest BCUT2D eigenvalue weighted by molar-refractivity contribution is 0.341. The van der Waals surface area contributed by atoms with Gasteiger partial charge in [-0.1, -0.05) is 30.3 Å². The van der Waals surface area contributed by atoms with Crippen LogP contribution in [-0.4, -0.2) is 12.4 Å².